The fraction of sp³-hybridized carbons (Fsp3) is 0.182. The first-order chi connectivity index (χ1) is 13.7. The number of nitrogens with one attached hydrogen (secondary N) is 1. The maximum absolute atomic E-state index is 5.63. The molecule has 142 valence electrons. The van der Waals surface area contributed by atoms with Crippen molar-refractivity contribution in [1.29, 1.82) is 0 Å². The first-order valence-corrected chi connectivity index (χ1v) is 8.94. The van der Waals surface area contributed by atoms with Gasteiger partial charge in [0.25, 0.3) is 0 Å². The molecule has 6 heteroatoms. The number of rotatable bonds is 6. The van der Waals surface area contributed by atoms with E-state index in [0.29, 0.717) is 18.0 Å². The lowest BCUT2D eigenvalue weighted by molar-refractivity contribution is 0.355. The van der Waals surface area contributed by atoms with E-state index in [0.717, 1.165) is 39.4 Å². The van der Waals surface area contributed by atoms with Crippen molar-refractivity contribution in [2.45, 2.75) is 13.5 Å². The maximum atomic E-state index is 5.63. The van der Waals surface area contributed by atoms with Crippen molar-refractivity contribution >= 4 is 16.7 Å². The van der Waals surface area contributed by atoms with E-state index in [2.05, 4.69) is 21.4 Å². The van der Waals surface area contributed by atoms with E-state index >= 15 is 0 Å². The molecule has 2 aromatic heterocycles. The van der Waals surface area contributed by atoms with Crippen LogP contribution in [0.3, 0.4) is 0 Å². The third kappa shape index (κ3) is 3.49. The molecule has 0 aliphatic rings. The molecule has 0 spiro atoms. The predicted molar refractivity (Wildman–Crippen MR) is 109 cm³/mol. The van der Waals surface area contributed by atoms with E-state index in [4.69, 9.17) is 13.9 Å². The molecular weight excluding hydrogens is 354 g/mol. The van der Waals surface area contributed by atoms with E-state index < -0.39 is 0 Å². The standard InChI is InChI=1S/C22H21N3O3/c1-14-4-7-17(28-14)12-23-22-18-10-15(5-8-19(18)24-13-25-22)16-6-9-20(26-2)21(11-16)27-3/h4-11,13H,12H2,1-3H3,(H,23,24,25). The number of furan rings is 1. The van der Waals surface area contributed by atoms with Gasteiger partial charge in [-0.3, -0.25) is 0 Å². The van der Waals surface area contributed by atoms with Gasteiger partial charge in [-0.05, 0) is 54.4 Å². The normalized spacial score (nSPS) is 10.8. The summed E-state index contributed by atoms with van der Waals surface area (Å²) in [5, 5.41) is 4.29. The summed E-state index contributed by atoms with van der Waals surface area (Å²) in [7, 11) is 3.26. The van der Waals surface area contributed by atoms with Gasteiger partial charge < -0.3 is 19.2 Å². The number of aryl methyl sites for hydroxylation is 1. The van der Waals surface area contributed by atoms with Crippen molar-refractivity contribution in [2.24, 2.45) is 0 Å². The zero-order valence-electron chi connectivity index (χ0n) is 16.0. The first-order valence-electron chi connectivity index (χ1n) is 8.94. The molecule has 2 heterocycles. The molecule has 0 saturated carbocycles. The van der Waals surface area contributed by atoms with E-state index in [1.165, 1.54) is 0 Å². The highest BCUT2D eigenvalue weighted by atomic mass is 16.5. The van der Waals surface area contributed by atoms with E-state index in [-0.39, 0.29) is 0 Å². The van der Waals surface area contributed by atoms with Crippen molar-refractivity contribution in [1.82, 2.24) is 9.97 Å². The van der Waals surface area contributed by atoms with Gasteiger partial charge in [-0.2, -0.15) is 0 Å². The summed E-state index contributed by atoms with van der Waals surface area (Å²) in [4.78, 5) is 8.79. The second-order valence-electron chi connectivity index (χ2n) is 6.39. The highest BCUT2D eigenvalue weighted by Crippen LogP contribution is 2.34. The summed E-state index contributed by atoms with van der Waals surface area (Å²) in [6, 6.07) is 15.9. The number of benzene rings is 2. The molecular formula is C22H21N3O3. The molecule has 0 radical (unpaired) electrons. The van der Waals surface area contributed by atoms with Crippen LogP contribution in [0, 0.1) is 6.92 Å². The van der Waals surface area contributed by atoms with Gasteiger partial charge in [0.05, 0.1) is 26.3 Å². The minimum atomic E-state index is 0.556. The number of nitrogens with zero attached hydrogens (tertiary/aromatic N) is 2. The van der Waals surface area contributed by atoms with Crippen LogP contribution in [0.25, 0.3) is 22.0 Å². The summed E-state index contributed by atoms with van der Waals surface area (Å²) in [5.41, 5.74) is 2.94. The van der Waals surface area contributed by atoms with Crippen LogP contribution >= 0.6 is 0 Å². The van der Waals surface area contributed by atoms with Crippen LogP contribution in [0.1, 0.15) is 11.5 Å². The predicted octanol–water partition coefficient (Wildman–Crippen LogP) is 4.83. The zero-order chi connectivity index (χ0) is 19.5. The molecule has 28 heavy (non-hydrogen) atoms. The summed E-state index contributed by atoms with van der Waals surface area (Å²) in [5.74, 6) is 3.91. The van der Waals surface area contributed by atoms with Gasteiger partial charge in [-0.15, -0.1) is 0 Å². The Kier molecular flexibility index (Phi) is 4.85. The Morgan fingerprint density at radius 3 is 2.43 bits per heavy atom. The van der Waals surface area contributed by atoms with Gasteiger partial charge in [0.1, 0.15) is 23.7 Å². The number of methoxy groups -OCH3 is 2. The van der Waals surface area contributed by atoms with Gasteiger partial charge >= 0.3 is 0 Å². The molecule has 0 amide bonds. The van der Waals surface area contributed by atoms with Crippen LogP contribution < -0.4 is 14.8 Å². The van der Waals surface area contributed by atoms with Gasteiger partial charge in [0.2, 0.25) is 0 Å². The second kappa shape index (κ2) is 7.60. The summed E-state index contributed by atoms with van der Waals surface area (Å²) in [6.45, 7) is 2.49. The number of hydrogen-bond acceptors (Lipinski definition) is 6. The smallest absolute Gasteiger partial charge is 0.161 e. The van der Waals surface area contributed by atoms with Gasteiger partial charge in [-0.1, -0.05) is 12.1 Å². The molecule has 0 saturated heterocycles. The third-order valence-corrected chi connectivity index (χ3v) is 4.58. The molecule has 0 aliphatic heterocycles. The van der Waals surface area contributed by atoms with Crippen molar-refractivity contribution in [3.63, 3.8) is 0 Å². The fourth-order valence-corrected chi connectivity index (χ4v) is 3.14. The van der Waals surface area contributed by atoms with Crippen LogP contribution in [0.15, 0.2) is 59.3 Å². The van der Waals surface area contributed by atoms with Crippen LogP contribution in [-0.2, 0) is 6.54 Å². The molecule has 0 bridgehead atoms. The van der Waals surface area contributed by atoms with Crippen LogP contribution in [0.2, 0.25) is 0 Å². The lowest BCUT2D eigenvalue weighted by Crippen LogP contribution is -2.01. The lowest BCUT2D eigenvalue weighted by atomic mass is 10.0. The SMILES string of the molecule is COc1ccc(-c2ccc3ncnc(NCc4ccc(C)o4)c3c2)cc1OC. The molecule has 0 aliphatic carbocycles. The van der Waals surface area contributed by atoms with Gasteiger partial charge in [0.15, 0.2) is 11.5 Å². The van der Waals surface area contributed by atoms with Crippen molar-refractivity contribution in [2.75, 3.05) is 19.5 Å². The van der Waals surface area contributed by atoms with E-state index in [9.17, 15) is 0 Å². The monoisotopic (exact) mass is 375 g/mol. The summed E-state index contributed by atoms with van der Waals surface area (Å²) >= 11 is 0. The number of fused-ring (bicyclic) bond motifs is 1. The Labute approximate surface area is 163 Å². The van der Waals surface area contributed by atoms with Crippen LogP contribution in [0.4, 0.5) is 5.82 Å². The average molecular weight is 375 g/mol. The molecule has 0 fully saturated rings. The molecule has 6 nitrogen and oxygen atoms in total. The molecule has 4 aromatic rings. The Morgan fingerprint density at radius 2 is 1.68 bits per heavy atom. The Hall–Kier alpha value is -3.54. The number of ether oxygens (including phenoxy) is 2. The van der Waals surface area contributed by atoms with Gasteiger partial charge in [-0.25, -0.2) is 9.97 Å². The Balaban J connectivity index is 1.69. The first kappa shape index (κ1) is 17.9. The minimum absolute atomic E-state index is 0.556. The largest absolute Gasteiger partial charge is 0.493 e. The fourth-order valence-electron chi connectivity index (χ4n) is 3.14. The molecule has 1 N–H and O–H groups in total. The lowest BCUT2D eigenvalue weighted by Gasteiger charge is -2.11. The van der Waals surface area contributed by atoms with Crippen LogP contribution in [0.5, 0.6) is 11.5 Å². The maximum Gasteiger partial charge on any atom is 0.161 e. The molecule has 4 rings (SSSR count). The van der Waals surface area contributed by atoms with Crippen molar-refractivity contribution < 1.29 is 13.9 Å². The number of anilines is 1. The quantitative estimate of drug-likeness (QED) is 0.521. The van der Waals surface area contributed by atoms with Gasteiger partial charge in [0, 0.05) is 5.39 Å². The Bertz CT molecular complexity index is 1120. The Morgan fingerprint density at radius 1 is 0.893 bits per heavy atom. The van der Waals surface area contributed by atoms with E-state index in [1.807, 2.05) is 49.4 Å². The van der Waals surface area contributed by atoms with Crippen LogP contribution in [-0.4, -0.2) is 24.2 Å². The number of aromatic nitrogens is 2. The molecule has 2 aromatic carbocycles. The zero-order valence-corrected chi connectivity index (χ0v) is 16.0. The second-order valence-corrected chi connectivity index (χ2v) is 6.39. The van der Waals surface area contributed by atoms with Crippen molar-refractivity contribution in [3.05, 3.63) is 66.4 Å². The minimum Gasteiger partial charge on any atom is -0.493 e. The summed E-state index contributed by atoms with van der Waals surface area (Å²) in [6.07, 6.45) is 1.56. The van der Waals surface area contributed by atoms with E-state index in [1.54, 1.807) is 20.5 Å². The number of hydrogen-bond donors (Lipinski definition) is 1. The third-order valence-electron chi connectivity index (χ3n) is 4.58. The topological polar surface area (TPSA) is 69.4 Å². The molecule has 0 atom stereocenters. The molecule has 0 unspecified atom stereocenters. The van der Waals surface area contributed by atoms with Crippen molar-refractivity contribution in [3.8, 4) is 22.6 Å². The average Bonchev–Trinajstić information content (AvgIpc) is 3.16. The highest BCUT2D eigenvalue weighted by Gasteiger charge is 2.10. The highest BCUT2D eigenvalue weighted by molar-refractivity contribution is 5.92. The summed E-state index contributed by atoms with van der Waals surface area (Å²) < 4.78 is 16.4.